The molecule has 0 aliphatic heterocycles. The first-order chi connectivity index (χ1) is 6.02. The van der Waals surface area contributed by atoms with Gasteiger partial charge in [-0.15, -0.1) is 0 Å². The fraction of sp³-hybridized carbons (Fsp3) is 0.778. The molecule has 0 fully saturated rings. The fourth-order valence-electron chi connectivity index (χ4n) is 0.737. The van der Waals surface area contributed by atoms with Crippen molar-refractivity contribution >= 4 is 11.6 Å². The van der Waals surface area contributed by atoms with Crippen molar-refractivity contribution in [2.45, 2.75) is 26.1 Å². The molecule has 0 spiro atoms. The average molecular weight is 208 g/mol. The molecule has 13 heavy (non-hydrogen) atoms. The van der Waals surface area contributed by atoms with E-state index in [0.717, 1.165) is 0 Å². The van der Waals surface area contributed by atoms with Crippen molar-refractivity contribution < 1.29 is 9.84 Å². The molecular formula is C9H18ClNO2. The van der Waals surface area contributed by atoms with Gasteiger partial charge in [0.1, 0.15) is 0 Å². The molecule has 78 valence electrons. The summed E-state index contributed by atoms with van der Waals surface area (Å²) in [6, 6.07) is 0. The molecule has 0 saturated carbocycles. The van der Waals surface area contributed by atoms with Gasteiger partial charge >= 0.3 is 0 Å². The van der Waals surface area contributed by atoms with Crippen molar-refractivity contribution in [3.05, 3.63) is 11.6 Å². The molecule has 1 atom stereocenters. The lowest BCUT2D eigenvalue weighted by Gasteiger charge is -2.13. The summed E-state index contributed by atoms with van der Waals surface area (Å²) in [4.78, 5) is 0. The van der Waals surface area contributed by atoms with Gasteiger partial charge < -0.3 is 15.2 Å². The second kappa shape index (κ2) is 7.33. The Bertz CT molecular complexity index is 151. The van der Waals surface area contributed by atoms with E-state index in [1.54, 1.807) is 0 Å². The predicted molar refractivity (Wildman–Crippen MR) is 55.0 cm³/mol. The lowest BCUT2D eigenvalue weighted by Crippen LogP contribution is -2.31. The third-order valence-corrected chi connectivity index (χ3v) is 1.45. The maximum absolute atomic E-state index is 9.35. The number of rotatable bonds is 7. The quantitative estimate of drug-likeness (QED) is 0.658. The van der Waals surface area contributed by atoms with Gasteiger partial charge in [-0.25, -0.2) is 0 Å². The molecule has 0 heterocycles. The number of halogens is 1. The lowest BCUT2D eigenvalue weighted by molar-refractivity contribution is 0.00674. The van der Waals surface area contributed by atoms with E-state index in [2.05, 4.69) is 11.9 Å². The van der Waals surface area contributed by atoms with Crippen LogP contribution in [0.1, 0.15) is 13.8 Å². The largest absolute Gasteiger partial charge is 0.389 e. The van der Waals surface area contributed by atoms with Crippen molar-refractivity contribution in [3.8, 4) is 0 Å². The summed E-state index contributed by atoms with van der Waals surface area (Å²) in [5, 5.41) is 12.8. The molecule has 0 aromatic heterocycles. The molecule has 2 N–H and O–H groups in total. The zero-order valence-electron chi connectivity index (χ0n) is 8.22. The van der Waals surface area contributed by atoms with E-state index in [9.17, 15) is 5.11 Å². The van der Waals surface area contributed by atoms with Gasteiger partial charge in [0, 0.05) is 18.1 Å². The number of ether oxygens (including phenoxy) is 1. The fourth-order valence-corrected chi connectivity index (χ4v) is 0.831. The maximum atomic E-state index is 9.35. The van der Waals surface area contributed by atoms with Crippen molar-refractivity contribution in [1.29, 1.82) is 0 Å². The summed E-state index contributed by atoms with van der Waals surface area (Å²) in [5.74, 6) is 0. The van der Waals surface area contributed by atoms with E-state index in [1.165, 1.54) is 0 Å². The SMILES string of the molecule is C=C(Cl)CNCC(O)COC(C)C. The van der Waals surface area contributed by atoms with Crippen molar-refractivity contribution in [3.63, 3.8) is 0 Å². The maximum Gasteiger partial charge on any atom is 0.0897 e. The minimum atomic E-state index is -0.488. The van der Waals surface area contributed by atoms with Crippen LogP contribution in [-0.4, -0.2) is 37.0 Å². The number of hydrogen-bond acceptors (Lipinski definition) is 3. The van der Waals surface area contributed by atoms with Gasteiger partial charge in [0.25, 0.3) is 0 Å². The standard InChI is InChI=1S/C9H18ClNO2/c1-7(2)13-6-9(12)5-11-4-8(3)10/h7,9,11-12H,3-6H2,1-2H3. The highest BCUT2D eigenvalue weighted by Gasteiger charge is 2.04. The molecule has 0 bridgehead atoms. The number of nitrogens with one attached hydrogen (secondary N) is 1. The summed E-state index contributed by atoms with van der Waals surface area (Å²) >= 11 is 5.52. The van der Waals surface area contributed by atoms with E-state index >= 15 is 0 Å². The molecule has 0 aliphatic carbocycles. The summed E-state index contributed by atoms with van der Waals surface area (Å²) in [6.07, 6.45) is -0.337. The number of aliphatic hydroxyl groups is 1. The molecule has 0 aliphatic rings. The van der Waals surface area contributed by atoms with E-state index < -0.39 is 6.10 Å². The molecule has 4 heteroatoms. The monoisotopic (exact) mass is 207 g/mol. The van der Waals surface area contributed by atoms with Crippen molar-refractivity contribution in [2.75, 3.05) is 19.7 Å². The number of aliphatic hydroxyl groups excluding tert-OH is 1. The molecular weight excluding hydrogens is 190 g/mol. The third kappa shape index (κ3) is 9.83. The van der Waals surface area contributed by atoms with Crippen LogP contribution in [0.2, 0.25) is 0 Å². The van der Waals surface area contributed by atoms with Crippen LogP contribution in [0.25, 0.3) is 0 Å². The van der Waals surface area contributed by atoms with E-state index in [0.29, 0.717) is 24.7 Å². The molecule has 0 radical (unpaired) electrons. The zero-order chi connectivity index (χ0) is 10.3. The van der Waals surface area contributed by atoms with Gasteiger partial charge in [0.2, 0.25) is 0 Å². The smallest absolute Gasteiger partial charge is 0.0897 e. The van der Waals surface area contributed by atoms with E-state index in [-0.39, 0.29) is 6.10 Å². The minimum absolute atomic E-state index is 0.151. The highest BCUT2D eigenvalue weighted by molar-refractivity contribution is 6.29. The van der Waals surface area contributed by atoms with Crippen LogP contribution in [0.15, 0.2) is 11.6 Å². The van der Waals surface area contributed by atoms with Crippen LogP contribution >= 0.6 is 11.6 Å². The molecule has 0 saturated heterocycles. The van der Waals surface area contributed by atoms with Crippen LogP contribution in [0, 0.1) is 0 Å². The Kier molecular flexibility index (Phi) is 7.28. The summed E-state index contributed by atoms with van der Waals surface area (Å²) in [5.41, 5.74) is 0. The Balaban J connectivity index is 3.29. The first-order valence-corrected chi connectivity index (χ1v) is 4.73. The molecule has 1 unspecified atom stereocenters. The molecule has 0 aromatic rings. The van der Waals surface area contributed by atoms with Crippen LogP contribution in [-0.2, 0) is 4.74 Å². The Hall–Kier alpha value is -0.0900. The van der Waals surface area contributed by atoms with Gasteiger partial charge in [0.15, 0.2) is 0 Å². The van der Waals surface area contributed by atoms with Gasteiger partial charge in [-0.3, -0.25) is 0 Å². The molecule has 0 amide bonds. The highest BCUT2D eigenvalue weighted by atomic mass is 35.5. The summed E-state index contributed by atoms with van der Waals surface area (Å²) in [6.45, 7) is 8.71. The Labute approximate surface area is 84.7 Å². The average Bonchev–Trinajstić information content (AvgIpc) is 2.00. The number of hydrogen-bond donors (Lipinski definition) is 2. The van der Waals surface area contributed by atoms with Gasteiger partial charge in [0.05, 0.1) is 18.8 Å². The topological polar surface area (TPSA) is 41.5 Å². The molecule has 0 rings (SSSR count). The predicted octanol–water partition coefficient (Wildman–Crippen LogP) is 1.11. The van der Waals surface area contributed by atoms with Gasteiger partial charge in [-0.2, -0.15) is 0 Å². The van der Waals surface area contributed by atoms with Gasteiger partial charge in [-0.05, 0) is 13.8 Å². The van der Waals surface area contributed by atoms with Crippen LogP contribution in [0.4, 0.5) is 0 Å². The lowest BCUT2D eigenvalue weighted by atomic mass is 10.3. The zero-order valence-corrected chi connectivity index (χ0v) is 8.97. The molecule has 0 aromatic carbocycles. The van der Waals surface area contributed by atoms with Crippen LogP contribution < -0.4 is 5.32 Å². The van der Waals surface area contributed by atoms with Crippen molar-refractivity contribution in [1.82, 2.24) is 5.32 Å². The highest BCUT2D eigenvalue weighted by Crippen LogP contribution is 1.94. The Morgan fingerprint density at radius 2 is 2.23 bits per heavy atom. The second-order valence-electron chi connectivity index (χ2n) is 3.18. The van der Waals surface area contributed by atoms with Gasteiger partial charge in [-0.1, -0.05) is 18.2 Å². The third-order valence-electron chi connectivity index (χ3n) is 1.32. The summed E-state index contributed by atoms with van der Waals surface area (Å²) < 4.78 is 5.22. The van der Waals surface area contributed by atoms with Crippen LogP contribution in [0.3, 0.4) is 0 Å². The Morgan fingerprint density at radius 3 is 2.69 bits per heavy atom. The Morgan fingerprint density at radius 1 is 1.62 bits per heavy atom. The van der Waals surface area contributed by atoms with E-state index in [4.69, 9.17) is 16.3 Å². The minimum Gasteiger partial charge on any atom is -0.389 e. The summed E-state index contributed by atoms with van der Waals surface area (Å²) in [7, 11) is 0. The first kappa shape index (κ1) is 12.9. The van der Waals surface area contributed by atoms with E-state index in [1.807, 2.05) is 13.8 Å². The van der Waals surface area contributed by atoms with Crippen LogP contribution in [0.5, 0.6) is 0 Å². The first-order valence-electron chi connectivity index (χ1n) is 4.36. The second-order valence-corrected chi connectivity index (χ2v) is 3.72. The van der Waals surface area contributed by atoms with Crippen molar-refractivity contribution in [2.24, 2.45) is 0 Å². The normalized spacial score (nSPS) is 13.3. The molecule has 3 nitrogen and oxygen atoms in total.